The number of Topliss-reactive ketones (excluding diaryl/α,β-unsaturated/α-hetero) is 1. The zero-order valence-corrected chi connectivity index (χ0v) is 11.4. The predicted octanol–water partition coefficient (Wildman–Crippen LogP) is 3.72. The second kappa shape index (κ2) is 5.40. The average Bonchev–Trinajstić information content (AvgIpc) is 2.34. The Labute approximate surface area is 113 Å². The van der Waals surface area contributed by atoms with Gasteiger partial charge in [0.1, 0.15) is 5.82 Å². The molecule has 2 aromatic rings. The van der Waals surface area contributed by atoms with Gasteiger partial charge in [0.25, 0.3) is 0 Å². The van der Waals surface area contributed by atoms with Crippen molar-refractivity contribution < 1.29 is 9.18 Å². The number of aryl methyl sites for hydroxylation is 1. The Balaban J connectivity index is 2.24. The van der Waals surface area contributed by atoms with Crippen LogP contribution in [0.2, 0.25) is 0 Å². The molecule has 0 saturated carbocycles. The van der Waals surface area contributed by atoms with E-state index in [1.165, 1.54) is 12.1 Å². The van der Waals surface area contributed by atoms with Gasteiger partial charge in [-0.25, -0.2) is 4.39 Å². The Morgan fingerprint density at radius 3 is 2.83 bits per heavy atom. The smallest absolute Gasteiger partial charge is 0.167 e. The van der Waals surface area contributed by atoms with E-state index < -0.39 is 0 Å². The highest BCUT2D eigenvalue weighted by Gasteiger charge is 2.10. The minimum atomic E-state index is -0.341. The van der Waals surface area contributed by atoms with Crippen LogP contribution < -0.4 is 0 Å². The first-order valence-corrected chi connectivity index (χ1v) is 6.25. The van der Waals surface area contributed by atoms with E-state index in [4.69, 9.17) is 0 Å². The van der Waals surface area contributed by atoms with Gasteiger partial charge in [0.15, 0.2) is 5.78 Å². The van der Waals surface area contributed by atoms with Crippen LogP contribution in [-0.2, 0) is 6.42 Å². The summed E-state index contributed by atoms with van der Waals surface area (Å²) >= 11 is 3.31. The third-order valence-electron chi connectivity index (χ3n) is 2.58. The molecule has 0 atom stereocenters. The fraction of sp³-hybridized carbons (Fsp3) is 0.143. The van der Waals surface area contributed by atoms with Crippen LogP contribution >= 0.6 is 15.9 Å². The molecule has 0 unspecified atom stereocenters. The van der Waals surface area contributed by atoms with Gasteiger partial charge >= 0.3 is 0 Å². The third-order valence-corrected chi connectivity index (χ3v) is 3.35. The van der Waals surface area contributed by atoms with Crippen LogP contribution in [0.4, 0.5) is 4.39 Å². The molecule has 0 bridgehead atoms. The number of benzene rings is 1. The lowest BCUT2D eigenvalue weighted by molar-refractivity contribution is 0.0992. The van der Waals surface area contributed by atoms with Crippen LogP contribution in [0.5, 0.6) is 0 Å². The first kappa shape index (κ1) is 12.9. The zero-order chi connectivity index (χ0) is 13.1. The maximum absolute atomic E-state index is 13.1. The van der Waals surface area contributed by atoms with Crippen molar-refractivity contribution in [1.82, 2.24) is 4.98 Å². The van der Waals surface area contributed by atoms with Crippen molar-refractivity contribution in [1.29, 1.82) is 0 Å². The molecule has 0 spiro atoms. The summed E-state index contributed by atoms with van der Waals surface area (Å²) in [6.45, 7) is 1.83. The molecular formula is C14H11BrFNO. The molecule has 2 rings (SSSR count). The largest absolute Gasteiger partial charge is 0.294 e. The van der Waals surface area contributed by atoms with E-state index in [2.05, 4.69) is 20.9 Å². The molecule has 0 aliphatic carbocycles. The van der Waals surface area contributed by atoms with Crippen LogP contribution in [0.3, 0.4) is 0 Å². The molecule has 2 nitrogen and oxygen atoms in total. The van der Waals surface area contributed by atoms with Gasteiger partial charge in [0, 0.05) is 28.3 Å². The van der Waals surface area contributed by atoms with Crippen LogP contribution in [-0.4, -0.2) is 10.8 Å². The highest BCUT2D eigenvalue weighted by atomic mass is 79.9. The van der Waals surface area contributed by atoms with Crippen molar-refractivity contribution in [3.63, 3.8) is 0 Å². The molecule has 1 aromatic carbocycles. The van der Waals surface area contributed by atoms with Gasteiger partial charge in [-0.1, -0.05) is 15.9 Å². The van der Waals surface area contributed by atoms with E-state index in [9.17, 15) is 9.18 Å². The molecule has 0 saturated heterocycles. The third kappa shape index (κ3) is 3.01. The predicted molar refractivity (Wildman–Crippen MR) is 71.1 cm³/mol. The van der Waals surface area contributed by atoms with Crippen LogP contribution in [0, 0.1) is 12.7 Å². The van der Waals surface area contributed by atoms with Gasteiger partial charge in [0.2, 0.25) is 0 Å². The second-order valence-electron chi connectivity index (χ2n) is 4.02. The fourth-order valence-electron chi connectivity index (χ4n) is 1.67. The summed E-state index contributed by atoms with van der Waals surface area (Å²) in [4.78, 5) is 16.1. The first-order valence-electron chi connectivity index (χ1n) is 5.46. The summed E-state index contributed by atoms with van der Waals surface area (Å²) in [6, 6.07) is 7.73. The SMILES string of the molecule is Cc1cc(C(=O)Cc2cc(F)ccc2Br)ccn1. The van der Waals surface area contributed by atoms with Crippen LogP contribution in [0.15, 0.2) is 41.0 Å². The van der Waals surface area contributed by atoms with Gasteiger partial charge in [-0.15, -0.1) is 0 Å². The van der Waals surface area contributed by atoms with Gasteiger partial charge in [-0.2, -0.15) is 0 Å². The minimum Gasteiger partial charge on any atom is -0.294 e. The summed E-state index contributed by atoms with van der Waals surface area (Å²) in [6.07, 6.45) is 1.77. The van der Waals surface area contributed by atoms with E-state index in [-0.39, 0.29) is 18.0 Å². The molecule has 0 aliphatic heterocycles. The number of carbonyl (C=O) groups is 1. The molecule has 18 heavy (non-hydrogen) atoms. The Hall–Kier alpha value is -1.55. The minimum absolute atomic E-state index is 0.0493. The standard InChI is InChI=1S/C14H11BrFNO/c1-9-6-10(4-5-17-9)14(18)8-11-7-12(16)2-3-13(11)15/h2-7H,8H2,1H3. The molecule has 0 radical (unpaired) electrons. The summed E-state index contributed by atoms with van der Waals surface area (Å²) in [5.41, 5.74) is 2.03. The first-order chi connectivity index (χ1) is 8.56. The van der Waals surface area contributed by atoms with Gasteiger partial charge in [-0.3, -0.25) is 9.78 Å². The van der Waals surface area contributed by atoms with E-state index in [1.807, 2.05) is 6.92 Å². The lowest BCUT2D eigenvalue weighted by Crippen LogP contribution is -2.05. The number of hydrogen-bond acceptors (Lipinski definition) is 2. The highest BCUT2D eigenvalue weighted by Crippen LogP contribution is 2.19. The van der Waals surface area contributed by atoms with Crippen molar-refractivity contribution in [2.24, 2.45) is 0 Å². The number of pyridine rings is 1. The number of ketones is 1. The normalized spacial score (nSPS) is 10.4. The maximum atomic E-state index is 13.1. The van der Waals surface area contributed by atoms with Gasteiger partial charge in [0.05, 0.1) is 0 Å². The molecule has 92 valence electrons. The summed E-state index contributed by atoms with van der Waals surface area (Å²) in [5.74, 6) is -0.390. The molecule has 0 amide bonds. The maximum Gasteiger partial charge on any atom is 0.167 e. The van der Waals surface area contributed by atoms with Crippen LogP contribution in [0.25, 0.3) is 0 Å². The van der Waals surface area contributed by atoms with E-state index in [0.717, 1.165) is 10.2 Å². The number of aromatic nitrogens is 1. The fourth-order valence-corrected chi connectivity index (χ4v) is 2.06. The summed E-state index contributed by atoms with van der Waals surface area (Å²) in [7, 11) is 0. The number of hydrogen-bond donors (Lipinski definition) is 0. The molecule has 1 heterocycles. The molecule has 0 N–H and O–H groups in total. The van der Waals surface area contributed by atoms with E-state index in [1.54, 1.807) is 24.4 Å². The number of rotatable bonds is 3. The zero-order valence-electron chi connectivity index (χ0n) is 9.78. The molecule has 4 heteroatoms. The second-order valence-corrected chi connectivity index (χ2v) is 4.88. The topological polar surface area (TPSA) is 30.0 Å². The van der Waals surface area contributed by atoms with Gasteiger partial charge in [-0.05, 0) is 42.8 Å². The van der Waals surface area contributed by atoms with Crippen molar-refractivity contribution in [2.75, 3.05) is 0 Å². The van der Waals surface area contributed by atoms with Crippen molar-refractivity contribution in [3.05, 3.63) is 63.6 Å². The monoisotopic (exact) mass is 307 g/mol. The number of carbonyl (C=O) groups excluding carboxylic acids is 1. The molecule has 0 fully saturated rings. The number of nitrogens with zero attached hydrogens (tertiary/aromatic N) is 1. The summed E-state index contributed by atoms with van der Waals surface area (Å²) in [5, 5.41) is 0. The van der Waals surface area contributed by atoms with Crippen molar-refractivity contribution in [2.45, 2.75) is 13.3 Å². The lowest BCUT2D eigenvalue weighted by atomic mass is 10.0. The molecule has 0 aliphatic rings. The van der Waals surface area contributed by atoms with Gasteiger partial charge < -0.3 is 0 Å². The number of halogens is 2. The van der Waals surface area contributed by atoms with Crippen molar-refractivity contribution in [3.8, 4) is 0 Å². The highest BCUT2D eigenvalue weighted by molar-refractivity contribution is 9.10. The Kier molecular flexibility index (Phi) is 3.87. The quantitative estimate of drug-likeness (QED) is 0.809. The Morgan fingerprint density at radius 2 is 2.11 bits per heavy atom. The van der Waals surface area contributed by atoms with Crippen LogP contribution in [0.1, 0.15) is 21.6 Å². The summed E-state index contributed by atoms with van der Waals surface area (Å²) < 4.78 is 13.9. The lowest BCUT2D eigenvalue weighted by Gasteiger charge is -2.05. The average molecular weight is 308 g/mol. The van der Waals surface area contributed by atoms with E-state index in [0.29, 0.717) is 11.1 Å². The molecular weight excluding hydrogens is 297 g/mol. The molecule has 1 aromatic heterocycles. The van der Waals surface area contributed by atoms with E-state index >= 15 is 0 Å². The Bertz CT molecular complexity index is 598. The van der Waals surface area contributed by atoms with Crippen molar-refractivity contribution >= 4 is 21.7 Å². The Morgan fingerprint density at radius 1 is 1.33 bits per heavy atom.